The van der Waals surface area contributed by atoms with Gasteiger partial charge >= 0.3 is 0 Å². The molecule has 1 fully saturated rings. The van der Waals surface area contributed by atoms with E-state index in [2.05, 4.69) is 85.3 Å². The minimum Gasteiger partial charge on any atom is -0.347 e. The van der Waals surface area contributed by atoms with E-state index < -0.39 is 11.4 Å². The van der Waals surface area contributed by atoms with Gasteiger partial charge in [0.1, 0.15) is 5.60 Å². The van der Waals surface area contributed by atoms with Gasteiger partial charge in [-0.15, -0.1) is 23.1 Å². The maximum absolute atomic E-state index is 6.26. The summed E-state index contributed by atoms with van der Waals surface area (Å²) in [7, 11) is 0. The fraction of sp³-hybridized carbons (Fsp3) is 0.296. The van der Waals surface area contributed by atoms with Gasteiger partial charge in [0.2, 0.25) is 0 Å². The van der Waals surface area contributed by atoms with E-state index >= 15 is 0 Å². The number of thiophene rings is 1. The molecule has 0 amide bonds. The van der Waals surface area contributed by atoms with Gasteiger partial charge in [-0.3, -0.25) is 9.71 Å². The molecule has 176 valence electrons. The van der Waals surface area contributed by atoms with Crippen molar-refractivity contribution in [1.29, 1.82) is 0 Å². The molecule has 0 bridgehead atoms. The highest BCUT2D eigenvalue weighted by molar-refractivity contribution is 7.98. The monoisotopic (exact) mass is 508 g/mol. The molecule has 0 radical (unpaired) electrons. The Labute approximate surface area is 214 Å². The Bertz CT molecular complexity index is 1340. The van der Waals surface area contributed by atoms with E-state index in [4.69, 9.17) is 14.5 Å². The lowest BCUT2D eigenvalue weighted by Gasteiger charge is -2.25. The van der Waals surface area contributed by atoms with Crippen molar-refractivity contribution in [3.8, 4) is 11.3 Å². The second-order valence-electron chi connectivity index (χ2n) is 9.13. The number of nitrogens with one attached hydrogen (secondary N) is 1. The highest BCUT2D eigenvalue weighted by Crippen LogP contribution is 2.42. The first-order chi connectivity index (χ1) is 16.3. The highest BCUT2D eigenvalue weighted by Gasteiger charge is 2.43. The number of rotatable bonds is 6. The average Bonchev–Trinajstić information content (AvgIpc) is 3.40. The minimum absolute atomic E-state index is 0.00158. The van der Waals surface area contributed by atoms with Crippen molar-refractivity contribution in [3.05, 3.63) is 82.9 Å². The number of nitrogens with zero attached hydrogens (tertiary/aromatic N) is 1. The Hall–Kier alpha value is -1.87. The fourth-order valence-corrected chi connectivity index (χ4v) is 6.83. The molecule has 0 saturated carbocycles. The molecule has 2 aromatic carbocycles. The molecule has 2 unspecified atom stereocenters. The summed E-state index contributed by atoms with van der Waals surface area (Å²) in [4.78, 5) is 7.20. The Morgan fingerprint density at radius 1 is 1.09 bits per heavy atom. The lowest BCUT2D eigenvalue weighted by atomic mass is 9.96. The van der Waals surface area contributed by atoms with Crippen molar-refractivity contribution in [3.63, 3.8) is 0 Å². The molecule has 0 spiro atoms. The van der Waals surface area contributed by atoms with Gasteiger partial charge in [0, 0.05) is 26.2 Å². The van der Waals surface area contributed by atoms with Crippen LogP contribution >= 0.6 is 35.9 Å². The van der Waals surface area contributed by atoms with Crippen LogP contribution in [0.5, 0.6) is 0 Å². The van der Waals surface area contributed by atoms with Crippen LogP contribution in [0.3, 0.4) is 0 Å². The number of benzene rings is 2. The number of pyridine rings is 1. The Morgan fingerprint density at radius 3 is 2.65 bits per heavy atom. The molecule has 4 aromatic rings. The van der Waals surface area contributed by atoms with Crippen LogP contribution in [0, 0.1) is 0 Å². The number of thioether (sulfide) groups is 1. The Morgan fingerprint density at radius 2 is 1.91 bits per heavy atom. The lowest BCUT2D eigenvalue weighted by molar-refractivity contribution is -0.159. The van der Waals surface area contributed by atoms with Crippen LogP contribution in [0.1, 0.15) is 42.8 Å². The van der Waals surface area contributed by atoms with E-state index in [1.165, 1.54) is 25.4 Å². The summed E-state index contributed by atoms with van der Waals surface area (Å²) < 4.78 is 16.6. The predicted molar refractivity (Wildman–Crippen MR) is 146 cm³/mol. The number of fused-ring (bicyclic) bond motifs is 1. The average molecular weight is 509 g/mol. The van der Waals surface area contributed by atoms with Crippen LogP contribution < -0.4 is 4.72 Å². The first kappa shape index (κ1) is 23.9. The van der Waals surface area contributed by atoms with Crippen molar-refractivity contribution in [2.45, 2.75) is 43.1 Å². The molecule has 1 saturated heterocycles. The van der Waals surface area contributed by atoms with Gasteiger partial charge in [-0.25, -0.2) is 0 Å². The summed E-state index contributed by atoms with van der Waals surface area (Å²) in [6.45, 7) is 6.50. The van der Waals surface area contributed by atoms with Crippen molar-refractivity contribution in [1.82, 2.24) is 9.71 Å². The van der Waals surface area contributed by atoms with Crippen LogP contribution in [-0.4, -0.2) is 23.6 Å². The van der Waals surface area contributed by atoms with Gasteiger partial charge < -0.3 is 9.47 Å². The predicted octanol–water partition coefficient (Wildman–Crippen LogP) is 7.21. The van der Waals surface area contributed by atoms with Crippen LogP contribution in [0.4, 0.5) is 0 Å². The Kier molecular flexibility index (Phi) is 6.52. The standard InChI is InChI=1S/C27H28N2O2S3/c1-26(2)30-16-27(3,31-26)18-12-13-28-21(15-18)19-10-7-8-17-14-23(34-25(17)19)24(29-32)20-9-5-6-11-22(20)33-4/h5-15,24,29,32H,16H2,1-4H3. The third-order valence-electron chi connectivity index (χ3n) is 6.24. The van der Waals surface area contributed by atoms with Crippen molar-refractivity contribution in [2.24, 2.45) is 0 Å². The number of hydrogen-bond donors (Lipinski definition) is 2. The molecule has 1 aliphatic heterocycles. The molecule has 4 nitrogen and oxygen atoms in total. The van der Waals surface area contributed by atoms with Crippen LogP contribution in [0.25, 0.3) is 21.3 Å². The van der Waals surface area contributed by atoms with Crippen LogP contribution in [0.2, 0.25) is 0 Å². The number of hydrogen-bond acceptors (Lipinski definition) is 7. The van der Waals surface area contributed by atoms with Crippen molar-refractivity contribution in [2.75, 3.05) is 12.9 Å². The summed E-state index contributed by atoms with van der Waals surface area (Å²) in [6, 6.07) is 21.3. The van der Waals surface area contributed by atoms with E-state index in [1.807, 2.05) is 26.1 Å². The van der Waals surface area contributed by atoms with Crippen molar-refractivity contribution < 1.29 is 9.47 Å². The molecule has 0 aliphatic carbocycles. The van der Waals surface area contributed by atoms with E-state index in [0.717, 1.165) is 16.8 Å². The first-order valence-electron chi connectivity index (χ1n) is 11.2. The molecule has 7 heteroatoms. The van der Waals surface area contributed by atoms with Gasteiger partial charge in [0.05, 0.1) is 18.3 Å². The van der Waals surface area contributed by atoms with Gasteiger partial charge in [-0.1, -0.05) is 49.2 Å². The summed E-state index contributed by atoms with van der Waals surface area (Å²) >= 11 is 8.04. The van der Waals surface area contributed by atoms with Gasteiger partial charge in [0.25, 0.3) is 0 Å². The number of aromatic nitrogens is 1. The SMILES string of the molecule is CSc1ccccc1C(NS)c1cc2cccc(-c3cc(C4(C)COC(C)(C)O4)ccn3)c2s1. The number of ether oxygens (including phenoxy) is 2. The van der Waals surface area contributed by atoms with E-state index in [9.17, 15) is 0 Å². The summed E-state index contributed by atoms with van der Waals surface area (Å²) in [5, 5.41) is 1.20. The van der Waals surface area contributed by atoms with E-state index in [0.29, 0.717) is 6.61 Å². The van der Waals surface area contributed by atoms with Crippen LogP contribution in [0.15, 0.2) is 71.8 Å². The zero-order valence-electron chi connectivity index (χ0n) is 19.7. The van der Waals surface area contributed by atoms with Crippen LogP contribution in [-0.2, 0) is 15.1 Å². The Balaban J connectivity index is 1.57. The first-order valence-corrected chi connectivity index (χ1v) is 13.7. The maximum Gasteiger partial charge on any atom is 0.164 e. The fourth-order valence-electron chi connectivity index (χ4n) is 4.58. The van der Waals surface area contributed by atoms with Gasteiger partial charge in [-0.05, 0) is 67.8 Å². The summed E-state index contributed by atoms with van der Waals surface area (Å²) in [6.07, 6.45) is 3.97. The summed E-state index contributed by atoms with van der Waals surface area (Å²) in [5.74, 6) is -0.594. The molecule has 5 rings (SSSR count). The van der Waals surface area contributed by atoms with E-state index in [-0.39, 0.29) is 6.04 Å². The molecule has 2 aromatic heterocycles. The molecular formula is C27H28N2O2S3. The third-order valence-corrected chi connectivity index (χ3v) is 8.56. The van der Waals surface area contributed by atoms with Crippen molar-refractivity contribution >= 4 is 46.0 Å². The third kappa shape index (κ3) is 4.41. The zero-order valence-corrected chi connectivity index (χ0v) is 22.2. The maximum atomic E-state index is 6.26. The molecule has 2 atom stereocenters. The molecule has 34 heavy (non-hydrogen) atoms. The van der Waals surface area contributed by atoms with Gasteiger partial charge in [-0.2, -0.15) is 0 Å². The number of thiol groups is 1. The zero-order chi connectivity index (χ0) is 23.9. The van der Waals surface area contributed by atoms with Gasteiger partial charge in [0.15, 0.2) is 5.79 Å². The summed E-state index contributed by atoms with van der Waals surface area (Å²) in [5.41, 5.74) is 3.85. The largest absolute Gasteiger partial charge is 0.347 e. The second kappa shape index (κ2) is 9.30. The minimum atomic E-state index is -0.594. The highest BCUT2D eigenvalue weighted by atomic mass is 32.2. The molecular weight excluding hydrogens is 481 g/mol. The smallest absolute Gasteiger partial charge is 0.164 e. The topological polar surface area (TPSA) is 43.4 Å². The van der Waals surface area contributed by atoms with E-state index in [1.54, 1.807) is 23.1 Å². The normalized spacial score (nSPS) is 20.6. The molecule has 3 heterocycles. The quantitative estimate of drug-likeness (QED) is 0.213. The molecule has 1 aliphatic rings. The molecule has 1 N–H and O–H groups in total. The lowest BCUT2D eigenvalue weighted by Crippen LogP contribution is -2.28. The second-order valence-corrected chi connectivity index (χ2v) is 11.3.